The minimum Gasteiger partial charge on any atom is -0.496 e. The lowest BCUT2D eigenvalue weighted by Crippen LogP contribution is -2.26. The highest BCUT2D eigenvalue weighted by molar-refractivity contribution is 9.10. The van der Waals surface area contributed by atoms with Crippen molar-refractivity contribution in [2.24, 2.45) is 0 Å². The van der Waals surface area contributed by atoms with Gasteiger partial charge in [0, 0.05) is 13.0 Å². The minimum atomic E-state index is -3.29. The molecule has 0 fully saturated rings. The summed E-state index contributed by atoms with van der Waals surface area (Å²) in [5, 5.41) is 2.77. The van der Waals surface area contributed by atoms with E-state index in [1.807, 2.05) is 18.2 Å². The van der Waals surface area contributed by atoms with Gasteiger partial charge in [0.1, 0.15) is 5.75 Å². The maximum atomic E-state index is 12.1. The molecule has 1 amide bonds. The third kappa shape index (κ3) is 6.14. The van der Waals surface area contributed by atoms with E-state index in [0.29, 0.717) is 30.7 Å². The van der Waals surface area contributed by atoms with Crippen LogP contribution < -0.4 is 10.1 Å². The van der Waals surface area contributed by atoms with Gasteiger partial charge in [0.05, 0.1) is 22.2 Å². The van der Waals surface area contributed by atoms with Crippen molar-refractivity contribution in [3.05, 3.63) is 58.6 Å². The number of benzene rings is 2. The second-order valence-electron chi connectivity index (χ2n) is 5.80. The number of hydrogen-bond donors (Lipinski definition) is 1. The lowest BCUT2D eigenvalue weighted by atomic mass is 10.1. The van der Waals surface area contributed by atoms with E-state index in [9.17, 15) is 13.2 Å². The van der Waals surface area contributed by atoms with Crippen LogP contribution in [0.5, 0.6) is 5.75 Å². The first-order valence-electron chi connectivity index (χ1n) is 8.29. The summed E-state index contributed by atoms with van der Waals surface area (Å²) in [4.78, 5) is 12.2. The molecule has 2 aromatic rings. The van der Waals surface area contributed by atoms with E-state index in [1.165, 1.54) is 0 Å². The zero-order chi connectivity index (χ0) is 19.0. The Morgan fingerprint density at radius 2 is 1.88 bits per heavy atom. The van der Waals surface area contributed by atoms with E-state index in [0.717, 1.165) is 15.8 Å². The van der Waals surface area contributed by atoms with Gasteiger partial charge in [-0.25, -0.2) is 8.42 Å². The summed E-state index contributed by atoms with van der Waals surface area (Å²) in [7, 11) is -1.69. The first-order chi connectivity index (χ1) is 12.4. The van der Waals surface area contributed by atoms with Crippen molar-refractivity contribution in [1.82, 2.24) is 5.32 Å². The van der Waals surface area contributed by atoms with Crippen molar-refractivity contribution in [3.8, 4) is 5.75 Å². The van der Waals surface area contributed by atoms with Crippen LogP contribution in [0, 0.1) is 0 Å². The molecular weight excluding hydrogens is 418 g/mol. The molecule has 0 spiro atoms. The summed E-state index contributed by atoms with van der Waals surface area (Å²) in [5.41, 5.74) is 1.03. The van der Waals surface area contributed by atoms with Gasteiger partial charge in [-0.15, -0.1) is 0 Å². The first kappa shape index (κ1) is 20.5. The largest absolute Gasteiger partial charge is 0.496 e. The third-order valence-electron chi connectivity index (χ3n) is 3.87. The minimum absolute atomic E-state index is 0.0166. The summed E-state index contributed by atoms with van der Waals surface area (Å²) in [6, 6.07) is 14.0. The number of ether oxygens (including phenoxy) is 1. The number of carbonyl (C=O) groups is 1. The van der Waals surface area contributed by atoms with E-state index in [2.05, 4.69) is 21.2 Å². The zero-order valence-corrected chi connectivity index (χ0v) is 17.0. The normalized spacial score (nSPS) is 11.2. The van der Waals surface area contributed by atoms with Crippen molar-refractivity contribution in [2.45, 2.75) is 24.2 Å². The van der Waals surface area contributed by atoms with E-state index in [-0.39, 0.29) is 11.7 Å². The topological polar surface area (TPSA) is 72.5 Å². The molecule has 1 N–H and O–H groups in total. The molecule has 2 aromatic carbocycles. The number of amides is 1. The highest BCUT2D eigenvalue weighted by Gasteiger charge is 2.13. The summed E-state index contributed by atoms with van der Waals surface area (Å²) in [5.74, 6) is 0.676. The Kier molecular flexibility index (Phi) is 7.66. The van der Waals surface area contributed by atoms with Crippen LogP contribution in [-0.2, 0) is 21.1 Å². The Morgan fingerprint density at radius 3 is 2.54 bits per heavy atom. The van der Waals surface area contributed by atoms with Gasteiger partial charge >= 0.3 is 0 Å². The average Bonchev–Trinajstić information content (AvgIpc) is 2.64. The average molecular weight is 440 g/mol. The molecular formula is C19H22BrNO4S. The second kappa shape index (κ2) is 9.73. The maximum Gasteiger partial charge on any atom is 0.220 e. The monoisotopic (exact) mass is 439 g/mol. The van der Waals surface area contributed by atoms with Gasteiger partial charge in [0.25, 0.3) is 0 Å². The second-order valence-corrected chi connectivity index (χ2v) is 8.77. The predicted molar refractivity (Wildman–Crippen MR) is 105 cm³/mol. The molecule has 0 aliphatic rings. The van der Waals surface area contributed by atoms with Crippen molar-refractivity contribution in [2.75, 3.05) is 19.4 Å². The molecule has 0 saturated carbocycles. The van der Waals surface area contributed by atoms with E-state index >= 15 is 0 Å². The maximum absolute atomic E-state index is 12.1. The molecule has 0 heterocycles. The molecule has 0 saturated heterocycles. The smallest absolute Gasteiger partial charge is 0.220 e. The van der Waals surface area contributed by atoms with Crippen molar-refractivity contribution >= 4 is 31.7 Å². The molecule has 5 nitrogen and oxygen atoms in total. The third-order valence-corrected chi connectivity index (χ3v) is 6.31. The van der Waals surface area contributed by atoms with E-state index < -0.39 is 9.84 Å². The predicted octanol–water partition coefficient (Wildman–Crippen LogP) is 3.37. The van der Waals surface area contributed by atoms with Gasteiger partial charge in [-0.2, -0.15) is 0 Å². The fourth-order valence-electron chi connectivity index (χ4n) is 2.45. The number of carbonyl (C=O) groups excluding carboxylic acids is 1. The fraction of sp³-hybridized carbons (Fsp3) is 0.316. The SMILES string of the molecule is COc1ccc(CCC(=O)NCCCS(=O)(=O)c2ccccc2)cc1Br. The first-order valence-corrected chi connectivity index (χ1v) is 10.7. The van der Waals surface area contributed by atoms with Crippen LogP contribution >= 0.6 is 15.9 Å². The Labute approximate surface area is 162 Å². The molecule has 0 radical (unpaired) electrons. The summed E-state index contributed by atoms with van der Waals surface area (Å²) >= 11 is 3.42. The van der Waals surface area contributed by atoms with Crippen LogP contribution in [0.1, 0.15) is 18.4 Å². The Bertz CT molecular complexity index is 838. The zero-order valence-electron chi connectivity index (χ0n) is 14.6. The lowest BCUT2D eigenvalue weighted by Gasteiger charge is -2.08. The van der Waals surface area contributed by atoms with Crippen LogP contribution in [-0.4, -0.2) is 33.7 Å². The van der Waals surface area contributed by atoms with Crippen LogP contribution in [0.4, 0.5) is 0 Å². The van der Waals surface area contributed by atoms with Crippen molar-refractivity contribution in [1.29, 1.82) is 0 Å². The van der Waals surface area contributed by atoms with Crippen LogP contribution in [0.25, 0.3) is 0 Å². The molecule has 0 bridgehead atoms. The van der Waals surface area contributed by atoms with Gasteiger partial charge in [-0.05, 0) is 58.6 Å². The Morgan fingerprint density at radius 1 is 1.15 bits per heavy atom. The molecule has 0 aromatic heterocycles. The van der Waals surface area contributed by atoms with Gasteiger partial charge in [0.2, 0.25) is 5.91 Å². The number of hydrogen-bond acceptors (Lipinski definition) is 4. The lowest BCUT2D eigenvalue weighted by molar-refractivity contribution is -0.121. The molecule has 26 heavy (non-hydrogen) atoms. The number of nitrogens with one attached hydrogen (secondary N) is 1. The highest BCUT2D eigenvalue weighted by Crippen LogP contribution is 2.25. The van der Waals surface area contributed by atoms with E-state index in [1.54, 1.807) is 37.4 Å². The number of aryl methyl sites for hydroxylation is 1. The summed E-state index contributed by atoms with van der Waals surface area (Å²) in [6.07, 6.45) is 1.35. The molecule has 7 heteroatoms. The van der Waals surface area contributed by atoms with Crippen molar-refractivity contribution < 1.29 is 17.9 Å². The molecule has 140 valence electrons. The number of methoxy groups -OCH3 is 1. The highest BCUT2D eigenvalue weighted by atomic mass is 79.9. The Balaban J connectivity index is 1.71. The molecule has 0 aliphatic carbocycles. The quantitative estimate of drug-likeness (QED) is 0.607. The standard InChI is InChI=1S/C19H22BrNO4S/c1-25-18-10-8-15(14-17(18)20)9-11-19(22)21-12-5-13-26(23,24)16-6-3-2-4-7-16/h2-4,6-8,10,14H,5,9,11-13H2,1H3,(H,21,22). The molecule has 2 rings (SSSR count). The van der Waals surface area contributed by atoms with Crippen molar-refractivity contribution in [3.63, 3.8) is 0 Å². The van der Waals surface area contributed by atoms with Gasteiger partial charge in [0.15, 0.2) is 9.84 Å². The van der Waals surface area contributed by atoms with Crippen LogP contribution in [0.2, 0.25) is 0 Å². The number of sulfone groups is 1. The van der Waals surface area contributed by atoms with Gasteiger partial charge in [-0.3, -0.25) is 4.79 Å². The molecule has 0 atom stereocenters. The molecule has 0 unspecified atom stereocenters. The Hall–Kier alpha value is -1.86. The van der Waals surface area contributed by atoms with Crippen LogP contribution in [0.3, 0.4) is 0 Å². The fourth-order valence-corrected chi connectivity index (χ4v) is 4.37. The number of halogens is 1. The summed E-state index contributed by atoms with van der Waals surface area (Å²) in [6.45, 7) is 0.344. The number of rotatable bonds is 9. The molecule has 0 aliphatic heterocycles. The van der Waals surface area contributed by atoms with Gasteiger partial charge in [-0.1, -0.05) is 24.3 Å². The van der Waals surface area contributed by atoms with E-state index in [4.69, 9.17) is 4.74 Å². The van der Waals surface area contributed by atoms with Crippen LogP contribution in [0.15, 0.2) is 57.9 Å². The summed E-state index contributed by atoms with van der Waals surface area (Å²) < 4.78 is 30.3. The van der Waals surface area contributed by atoms with Gasteiger partial charge < -0.3 is 10.1 Å².